The maximum atomic E-state index is 16.3. The van der Waals surface area contributed by atoms with E-state index in [1.54, 1.807) is 97.2 Å². The van der Waals surface area contributed by atoms with Crippen LogP contribution in [0.1, 0.15) is 195 Å². The summed E-state index contributed by atoms with van der Waals surface area (Å²) in [6.07, 6.45) is 28.1. The molecule has 11 aromatic carbocycles. The molecular weight excluding hydrogens is 1730 g/mol. The Kier molecular flexibility index (Phi) is 35.2. The highest BCUT2D eigenvalue weighted by Gasteiger charge is 2.38. The molecule has 0 fully saturated rings. The van der Waals surface area contributed by atoms with Crippen LogP contribution in [0.5, 0.6) is 34.5 Å². The summed E-state index contributed by atoms with van der Waals surface area (Å²) in [6, 6.07) is 30.2. The Bertz CT molecular complexity index is 5990. The maximum absolute atomic E-state index is 16.3. The highest BCUT2D eigenvalue weighted by Crippen LogP contribution is 2.47. The zero-order chi connectivity index (χ0) is 96.3. The van der Waals surface area contributed by atoms with Crippen molar-refractivity contribution in [2.75, 3.05) is 41.2 Å². The molecule has 0 spiro atoms. The van der Waals surface area contributed by atoms with Crippen molar-refractivity contribution in [2.45, 2.75) is 139 Å². The van der Waals surface area contributed by atoms with E-state index < -0.39 is 160 Å². The smallest absolute Gasteiger partial charge is 0.170 e. The summed E-state index contributed by atoms with van der Waals surface area (Å²) < 4.78 is 296. The number of hydrogen-bond donors (Lipinski definition) is 0. The first-order valence-electron chi connectivity index (χ1n) is 44.5. The SMILES string of the molecule is C=Cc1cc(OCCC(C)CCCC(C)C)c(/C=C/c2ccc(-c3c(F)c(F)c(-c4c(F)c(F)c(-c5ccc(/C=C/c6cc(OCCC(C)CCCC(C)C)c(/C=C/c7ccc(-c8c(F)c(F)c(-c9c(F)c(F)c(-c%10ccc(/C=C/c%11cc(OCCC(C)CCCC(C)C)c(C=C)cc%11OC)cc%10)c(F)c9F)c(F)c8F)cc7)cc6OC)cc5)c(F)c4F)c(F)c3F)cc2)cc1OC. The Morgan fingerprint density at radius 2 is 0.406 bits per heavy atom. The van der Waals surface area contributed by atoms with E-state index in [1.807, 2.05) is 0 Å². The van der Waals surface area contributed by atoms with Crippen molar-refractivity contribution in [1.29, 1.82) is 0 Å². The summed E-state index contributed by atoms with van der Waals surface area (Å²) >= 11 is 0. The molecule has 700 valence electrons. The van der Waals surface area contributed by atoms with Crippen molar-refractivity contribution in [1.82, 2.24) is 0 Å². The maximum Gasteiger partial charge on any atom is 0.170 e. The predicted octanol–water partition coefficient (Wildman–Crippen LogP) is 33.6. The van der Waals surface area contributed by atoms with Crippen molar-refractivity contribution >= 4 is 60.8 Å². The molecular formula is C111H108F16O6. The van der Waals surface area contributed by atoms with Gasteiger partial charge in [0.05, 0.1) is 85.7 Å². The minimum absolute atomic E-state index is 0.233. The Morgan fingerprint density at radius 3 is 0.624 bits per heavy atom. The van der Waals surface area contributed by atoms with Gasteiger partial charge in [0.1, 0.15) is 34.5 Å². The zero-order valence-electron chi connectivity index (χ0n) is 76.5. The third kappa shape index (κ3) is 24.1. The van der Waals surface area contributed by atoms with Gasteiger partial charge in [-0.05, 0) is 136 Å². The molecule has 0 N–H and O–H groups in total. The van der Waals surface area contributed by atoms with Crippen LogP contribution in [0.15, 0.2) is 147 Å². The fourth-order valence-electron chi connectivity index (χ4n) is 15.9. The molecule has 0 aliphatic carbocycles. The fraction of sp³-hybridized carbons (Fsp3) is 0.297. The number of hydrogen-bond acceptors (Lipinski definition) is 6. The highest BCUT2D eigenvalue weighted by atomic mass is 19.2. The molecule has 0 heterocycles. The molecule has 0 amide bonds. The highest BCUT2D eigenvalue weighted by molar-refractivity contribution is 5.85. The van der Waals surface area contributed by atoms with Crippen molar-refractivity contribution in [3.05, 3.63) is 295 Å². The van der Waals surface area contributed by atoms with Gasteiger partial charge in [-0.3, -0.25) is 0 Å². The molecule has 22 heteroatoms. The number of ether oxygens (including phenoxy) is 6. The number of rotatable bonds is 43. The lowest BCUT2D eigenvalue weighted by atomic mass is 9.93. The van der Waals surface area contributed by atoms with Crippen LogP contribution >= 0.6 is 0 Å². The lowest BCUT2D eigenvalue weighted by Crippen LogP contribution is -2.09. The first-order valence-corrected chi connectivity index (χ1v) is 44.5. The van der Waals surface area contributed by atoms with Crippen LogP contribution in [-0.4, -0.2) is 41.2 Å². The van der Waals surface area contributed by atoms with E-state index in [2.05, 4.69) is 75.5 Å². The zero-order valence-corrected chi connectivity index (χ0v) is 76.5. The van der Waals surface area contributed by atoms with E-state index in [9.17, 15) is 0 Å². The Hall–Kier alpha value is -12.5. The van der Waals surface area contributed by atoms with Gasteiger partial charge < -0.3 is 28.4 Å². The minimum Gasteiger partial charge on any atom is -0.496 e. The molecule has 6 nitrogen and oxygen atoms in total. The normalized spacial score (nSPS) is 12.6. The molecule has 11 aromatic rings. The van der Waals surface area contributed by atoms with Gasteiger partial charge in [0.15, 0.2) is 93.1 Å². The summed E-state index contributed by atoms with van der Waals surface area (Å²) in [6.45, 7) is 28.4. The molecule has 0 saturated carbocycles. The largest absolute Gasteiger partial charge is 0.496 e. The molecule has 0 aliphatic heterocycles. The first kappa shape index (κ1) is 101. The van der Waals surface area contributed by atoms with Gasteiger partial charge in [-0.25, -0.2) is 70.2 Å². The first-order chi connectivity index (χ1) is 63.6. The second-order valence-corrected chi connectivity index (χ2v) is 34.9. The van der Waals surface area contributed by atoms with Gasteiger partial charge >= 0.3 is 0 Å². The number of benzene rings is 11. The summed E-state index contributed by atoms with van der Waals surface area (Å²) in [4.78, 5) is 0. The van der Waals surface area contributed by atoms with E-state index in [0.29, 0.717) is 134 Å². The average molecular weight is 1840 g/mol. The van der Waals surface area contributed by atoms with Crippen LogP contribution in [0.3, 0.4) is 0 Å². The van der Waals surface area contributed by atoms with Crippen LogP contribution in [0.4, 0.5) is 70.2 Å². The van der Waals surface area contributed by atoms with Gasteiger partial charge in [-0.15, -0.1) is 0 Å². The number of halogens is 16. The molecule has 0 aliphatic rings. The van der Waals surface area contributed by atoms with Crippen molar-refractivity contribution in [2.24, 2.45) is 35.5 Å². The summed E-state index contributed by atoms with van der Waals surface area (Å²) in [7, 11) is 4.36. The Balaban J connectivity index is 0.796. The molecule has 0 radical (unpaired) electrons. The van der Waals surface area contributed by atoms with E-state index in [4.69, 9.17) is 28.4 Å². The van der Waals surface area contributed by atoms with Crippen molar-refractivity contribution in [3.8, 4) is 101 Å². The summed E-state index contributed by atoms with van der Waals surface area (Å²) in [5.41, 5.74) is -10.0. The van der Waals surface area contributed by atoms with Gasteiger partial charge in [-0.2, -0.15) is 0 Å². The van der Waals surface area contributed by atoms with E-state index in [1.165, 1.54) is 69.9 Å². The van der Waals surface area contributed by atoms with Crippen molar-refractivity contribution in [3.63, 3.8) is 0 Å². The predicted molar refractivity (Wildman–Crippen MR) is 504 cm³/mol. The summed E-state index contributed by atoms with van der Waals surface area (Å²) in [5, 5.41) is 0. The van der Waals surface area contributed by atoms with Gasteiger partial charge in [0, 0.05) is 33.4 Å². The van der Waals surface area contributed by atoms with Gasteiger partial charge in [0.2, 0.25) is 0 Å². The van der Waals surface area contributed by atoms with Gasteiger partial charge in [0.25, 0.3) is 0 Å². The van der Waals surface area contributed by atoms with E-state index >= 15 is 70.2 Å². The lowest BCUT2D eigenvalue weighted by Gasteiger charge is -2.16. The number of methoxy groups -OCH3 is 3. The van der Waals surface area contributed by atoms with E-state index in [0.717, 1.165) is 119 Å². The molecule has 3 unspecified atom stereocenters. The molecule has 0 bridgehead atoms. The average Bonchev–Trinajstić information content (AvgIpc) is 0.739. The minimum atomic E-state index is -2.36. The van der Waals surface area contributed by atoms with Crippen LogP contribution < -0.4 is 28.4 Å². The molecule has 0 aromatic heterocycles. The third-order valence-electron chi connectivity index (χ3n) is 23.7. The molecule has 3 atom stereocenters. The second kappa shape index (κ2) is 46.3. The standard InChI is InChI=1S/C111H108F16O6/c1-15-72-57-86(132-54-51-66(10)24-18-21-63(5)6)80(58-82(72)128-12)48-36-70-30-42-76(43-31-70)90-100(116)108(124)94(109(125)101(90)117)93-106(122)98(114)89(99(115)107(93)123)75-40-28-69(29-41-75)35-47-79-61-87(133-55-52-67(11)25-19-22-64(7)8)81(59-84(79)130-14)49-37-71-32-44-77(45-33-71)91-102(118)110(126)95(111(127)103(91)119)92-104(120)96(112)88(97(113)105(92)121)74-38-26-68(27-39-74)34-46-78-60-85(73(16-2)56-83(78)129-13)131-53-50-65(9)23-17-20-62(3)4/h15-16,26-49,56-67H,1-2,17-25,50-55H2,3-14H3/b46-34+,47-35+,48-36+,49-37+. The van der Waals surface area contributed by atoms with Crippen LogP contribution in [-0.2, 0) is 0 Å². The Morgan fingerprint density at radius 1 is 0.226 bits per heavy atom. The Labute approximate surface area is 768 Å². The van der Waals surface area contributed by atoms with Gasteiger partial charge in [-0.1, -0.05) is 291 Å². The second-order valence-electron chi connectivity index (χ2n) is 34.9. The monoisotopic (exact) mass is 1840 g/mol. The topological polar surface area (TPSA) is 55.4 Å². The fourth-order valence-corrected chi connectivity index (χ4v) is 15.9. The van der Waals surface area contributed by atoms with Crippen LogP contribution in [0, 0.1) is 129 Å². The summed E-state index contributed by atoms with van der Waals surface area (Å²) in [5.74, 6) is -30.3. The molecule has 133 heavy (non-hydrogen) atoms. The molecule has 0 saturated heterocycles. The quantitative estimate of drug-likeness (QED) is 0.0216. The molecule has 11 rings (SSSR count). The van der Waals surface area contributed by atoms with Crippen LogP contribution in [0.2, 0.25) is 0 Å². The third-order valence-corrected chi connectivity index (χ3v) is 23.7. The lowest BCUT2D eigenvalue weighted by molar-refractivity contribution is 0.274. The van der Waals surface area contributed by atoms with Crippen LogP contribution in [0.25, 0.3) is 128 Å². The van der Waals surface area contributed by atoms with Crippen molar-refractivity contribution < 1.29 is 98.7 Å². The van der Waals surface area contributed by atoms with E-state index in [-0.39, 0.29) is 18.3 Å².